The number of fused-ring (bicyclic) bond motifs is 2. The Labute approximate surface area is 307 Å². The highest BCUT2D eigenvalue weighted by atomic mass is 16.6. The van der Waals surface area contributed by atoms with E-state index < -0.39 is 78.3 Å². The molecule has 3 unspecified atom stereocenters. The minimum Gasteiger partial charge on any atom is -0.459 e. The number of carbonyl (C=O) groups excluding carboxylic acids is 7. The average molecular weight is 727 g/mol. The third-order valence-electron chi connectivity index (χ3n) is 9.83. The van der Waals surface area contributed by atoms with Crippen LogP contribution in [0.4, 0.5) is 4.79 Å². The van der Waals surface area contributed by atoms with Gasteiger partial charge in [-0.25, -0.2) is 14.4 Å². The van der Waals surface area contributed by atoms with Gasteiger partial charge in [-0.15, -0.1) is 6.58 Å². The minimum absolute atomic E-state index is 0.0115. The largest absolute Gasteiger partial charge is 0.459 e. The first-order valence-electron chi connectivity index (χ1n) is 17.0. The van der Waals surface area contributed by atoms with Gasteiger partial charge in [0.2, 0.25) is 0 Å². The number of benzene rings is 4. The minimum atomic E-state index is -1.97. The second-order valence-electron chi connectivity index (χ2n) is 12.9. The molecule has 4 aromatic rings. The lowest BCUT2D eigenvalue weighted by Crippen LogP contribution is -2.62. The fourth-order valence-electron chi connectivity index (χ4n) is 7.15. The summed E-state index contributed by atoms with van der Waals surface area (Å²) in [6.45, 7) is 3.43. The zero-order valence-electron chi connectivity index (χ0n) is 28.3. The van der Waals surface area contributed by atoms with Gasteiger partial charge >= 0.3 is 18.0 Å². The summed E-state index contributed by atoms with van der Waals surface area (Å²) in [5, 5.41) is 1.88. The summed E-state index contributed by atoms with van der Waals surface area (Å²) in [4.78, 5) is 98.2. The molecule has 4 heterocycles. The highest BCUT2D eigenvalue weighted by molar-refractivity contribution is 6.24. The summed E-state index contributed by atoms with van der Waals surface area (Å²) in [7, 11) is 0. The molecule has 6 amide bonds. The van der Waals surface area contributed by atoms with Crippen LogP contribution >= 0.6 is 0 Å². The molecule has 3 fully saturated rings. The first-order chi connectivity index (χ1) is 26.2. The van der Waals surface area contributed by atoms with Crippen molar-refractivity contribution in [2.75, 3.05) is 6.61 Å². The molecule has 0 spiro atoms. The molecule has 54 heavy (non-hydrogen) atoms. The van der Waals surface area contributed by atoms with Crippen molar-refractivity contribution in [3.05, 3.63) is 156 Å². The van der Waals surface area contributed by atoms with Crippen molar-refractivity contribution in [1.29, 1.82) is 0 Å². The van der Waals surface area contributed by atoms with Crippen molar-refractivity contribution in [2.24, 2.45) is 0 Å². The van der Waals surface area contributed by atoms with Gasteiger partial charge < -0.3 is 14.2 Å². The summed E-state index contributed by atoms with van der Waals surface area (Å²) < 4.78 is 17.8. The molecule has 0 aliphatic carbocycles. The molecule has 8 rings (SSSR count). The van der Waals surface area contributed by atoms with Crippen LogP contribution in [0.3, 0.4) is 0 Å². The zero-order chi connectivity index (χ0) is 37.7. The fraction of sp³-hybridized carbons (Fsp3) is 0.175. The normalized spacial score (nSPS) is 25.6. The summed E-state index contributed by atoms with van der Waals surface area (Å²) in [5.74, 6) is -4.90. The summed E-state index contributed by atoms with van der Waals surface area (Å²) in [6, 6.07) is 28.9. The van der Waals surface area contributed by atoms with Crippen molar-refractivity contribution in [1.82, 2.24) is 19.8 Å². The molecule has 0 aromatic heterocycles. The highest BCUT2D eigenvalue weighted by Crippen LogP contribution is 2.54. The molecular weight excluding hydrogens is 696 g/mol. The van der Waals surface area contributed by atoms with Gasteiger partial charge in [-0.3, -0.25) is 24.1 Å². The highest BCUT2D eigenvalue weighted by Gasteiger charge is 2.80. The van der Waals surface area contributed by atoms with Gasteiger partial charge in [0.15, 0.2) is 5.54 Å². The first-order valence-corrected chi connectivity index (χ1v) is 17.0. The van der Waals surface area contributed by atoms with Crippen LogP contribution in [0.1, 0.15) is 58.2 Å². The van der Waals surface area contributed by atoms with Crippen molar-refractivity contribution in [3.63, 3.8) is 0 Å². The van der Waals surface area contributed by atoms with Crippen LogP contribution in [0.25, 0.3) is 0 Å². The Bertz CT molecular complexity index is 2200. The van der Waals surface area contributed by atoms with E-state index in [2.05, 4.69) is 6.58 Å². The molecule has 0 N–H and O–H groups in total. The van der Waals surface area contributed by atoms with Gasteiger partial charge in [0.05, 0.1) is 22.3 Å². The Hall–Kier alpha value is -6.77. The third kappa shape index (κ3) is 5.38. The third-order valence-corrected chi connectivity index (χ3v) is 9.83. The molecule has 4 aliphatic heterocycles. The van der Waals surface area contributed by atoms with E-state index in [1.54, 1.807) is 91.0 Å². The van der Waals surface area contributed by atoms with E-state index in [-0.39, 0.29) is 34.2 Å². The predicted octanol–water partition coefficient (Wildman–Crippen LogP) is 4.07. The molecule has 3 saturated heterocycles. The molecule has 4 aromatic carbocycles. The number of amides is 6. The van der Waals surface area contributed by atoms with E-state index in [4.69, 9.17) is 14.2 Å². The average Bonchev–Trinajstić information content (AvgIpc) is 3.59. The van der Waals surface area contributed by atoms with Crippen LogP contribution < -0.4 is 0 Å². The number of hydrazine groups is 1. The Morgan fingerprint density at radius 1 is 0.741 bits per heavy atom. The number of imide groups is 4. The van der Waals surface area contributed by atoms with E-state index in [9.17, 15) is 33.6 Å². The number of carbonyl (C=O) groups is 7. The van der Waals surface area contributed by atoms with Crippen molar-refractivity contribution in [2.45, 2.75) is 36.6 Å². The maximum Gasteiger partial charge on any atom is 0.338 e. The van der Waals surface area contributed by atoms with Crippen molar-refractivity contribution < 1.29 is 47.8 Å². The number of urea groups is 1. The van der Waals surface area contributed by atoms with Gasteiger partial charge in [0, 0.05) is 12.0 Å². The smallest absolute Gasteiger partial charge is 0.338 e. The summed E-state index contributed by atoms with van der Waals surface area (Å²) in [5.41, 5.74) is -1.31. The van der Waals surface area contributed by atoms with E-state index in [1.165, 1.54) is 30.3 Å². The molecule has 0 bridgehead atoms. The lowest BCUT2D eigenvalue weighted by atomic mass is 10.0. The van der Waals surface area contributed by atoms with Crippen LogP contribution in [0.2, 0.25) is 0 Å². The molecule has 270 valence electrons. The molecule has 6 atom stereocenters. The zero-order valence-corrected chi connectivity index (χ0v) is 28.3. The second-order valence-corrected chi connectivity index (χ2v) is 12.9. The van der Waals surface area contributed by atoms with Gasteiger partial charge in [0.1, 0.15) is 31.2 Å². The number of ether oxygens (including phenoxy) is 3. The molecule has 0 saturated carbocycles. The number of hydrogen-bond donors (Lipinski definition) is 0. The lowest BCUT2D eigenvalue weighted by molar-refractivity contribution is -0.133. The van der Waals surface area contributed by atoms with Gasteiger partial charge in [-0.05, 0) is 48.5 Å². The van der Waals surface area contributed by atoms with Crippen LogP contribution in [0, 0.1) is 0 Å². The van der Waals surface area contributed by atoms with Gasteiger partial charge in [0.25, 0.3) is 23.6 Å². The topological polar surface area (TPSA) is 160 Å². The quantitative estimate of drug-likeness (QED) is 0.106. The Kier molecular flexibility index (Phi) is 8.47. The SMILES string of the molecule is C=CC12C(=O)N(C(=O)c3ccccc3)C(=O)N([C@H]3C[C@H](OC(=O)c4ccccc4)[C@@H](COC(=O)c4ccccc4)O3)C1N2N1C(=O)c2ccccc2C1=O. The van der Waals surface area contributed by atoms with Crippen molar-refractivity contribution in [3.8, 4) is 0 Å². The van der Waals surface area contributed by atoms with Crippen molar-refractivity contribution >= 4 is 41.6 Å². The Morgan fingerprint density at radius 2 is 1.26 bits per heavy atom. The number of rotatable bonds is 9. The molecular formula is C40H30N4O10. The monoisotopic (exact) mass is 726 g/mol. The van der Waals surface area contributed by atoms with Gasteiger partial charge in [-0.1, -0.05) is 72.8 Å². The summed E-state index contributed by atoms with van der Waals surface area (Å²) in [6.07, 6.45) is -3.99. The molecule has 14 nitrogen and oxygen atoms in total. The maximum absolute atomic E-state index is 14.6. The molecule has 14 heteroatoms. The van der Waals surface area contributed by atoms with Crippen LogP contribution in [0.5, 0.6) is 0 Å². The van der Waals surface area contributed by atoms with E-state index >= 15 is 0 Å². The number of esters is 2. The van der Waals surface area contributed by atoms with Crippen LogP contribution in [0.15, 0.2) is 128 Å². The fourth-order valence-corrected chi connectivity index (χ4v) is 7.15. The van der Waals surface area contributed by atoms with E-state index in [1.807, 2.05) is 0 Å². The predicted molar refractivity (Wildman–Crippen MR) is 186 cm³/mol. The Morgan fingerprint density at radius 3 is 1.81 bits per heavy atom. The lowest BCUT2D eigenvalue weighted by Gasteiger charge is -2.36. The second kappa shape index (κ2) is 13.3. The Balaban J connectivity index is 1.17. The van der Waals surface area contributed by atoms with E-state index in [0.717, 1.165) is 14.9 Å². The maximum atomic E-state index is 14.6. The van der Waals surface area contributed by atoms with Gasteiger partial charge in [-0.2, -0.15) is 14.9 Å². The van der Waals surface area contributed by atoms with E-state index in [0.29, 0.717) is 4.90 Å². The van der Waals surface area contributed by atoms with Crippen LogP contribution in [-0.4, -0.2) is 98.2 Å². The first kappa shape index (κ1) is 34.3. The van der Waals surface area contributed by atoms with Crippen LogP contribution in [-0.2, 0) is 19.0 Å². The summed E-state index contributed by atoms with van der Waals surface area (Å²) >= 11 is 0. The standard InChI is InChI=1S/C40H30N4O10/c1-2-40-37(44(40)43-33(46)27-20-12-13-21-28(27)34(43)47)41(39(51)42(38(40)50)32(45)24-14-6-3-7-15-24)31-22-29(54-36(49)26-18-10-5-11-19-26)30(53-31)23-52-35(48)25-16-8-4-9-17-25/h2-21,29-31,37H,1,22-23H2/t29-,30+,31+,37?,40?,44?/m0/s1. The number of nitrogens with zero attached hydrogens (tertiary/aromatic N) is 4. The molecule has 0 radical (unpaired) electrons. The number of hydrogen-bond acceptors (Lipinski definition) is 11. The molecule has 4 aliphatic rings.